The summed E-state index contributed by atoms with van der Waals surface area (Å²) in [5.41, 5.74) is 2.19. The van der Waals surface area contributed by atoms with Crippen molar-refractivity contribution in [2.24, 2.45) is 0 Å². The number of hydrogen-bond acceptors (Lipinski definition) is 4. The van der Waals surface area contributed by atoms with E-state index in [1.165, 1.54) is 0 Å². The van der Waals surface area contributed by atoms with Crippen LogP contribution < -0.4 is 4.72 Å². The molecular formula is C12H16N2O4S. The van der Waals surface area contributed by atoms with E-state index in [9.17, 15) is 13.2 Å². The first kappa shape index (κ1) is 13.8. The fourth-order valence-corrected chi connectivity index (χ4v) is 2.96. The molecule has 0 aromatic heterocycles. The largest absolute Gasteiger partial charge is 0.447 e. The van der Waals surface area contributed by atoms with Crippen LogP contribution in [0.3, 0.4) is 0 Å². The van der Waals surface area contributed by atoms with Crippen molar-refractivity contribution >= 4 is 16.3 Å². The minimum atomic E-state index is -3.78. The van der Waals surface area contributed by atoms with Gasteiger partial charge in [-0.2, -0.15) is 17.4 Å². The van der Waals surface area contributed by atoms with Crippen molar-refractivity contribution in [3.63, 3.8) is 0 Å². The van der Waals surface area contributed by atoms with E-state index in [1.54, 1.807) is 0 Å². The number of amides is 1. The molecule has 0 unspecified atom stereocenters. The van der Waals surface area contributed by atoms with E-state index in [4.69, 9.17) is 0 Å². The van der Waals surface area contributed by atoms with Crippen molar-refractivity contribution in [2.75, 3.05) is 19.7 Å². The zero-order valence-corrected chi connectivity index (χ0v) is 11.4. The van der Waals surface area contributed by atoms with Crippen LogP contribution in [0, 0.1) is 6.92 Å². The second-order valence-electron chi connectivity index (χ2n) is 4.26. The number of nitrogens with zero attached hydrogens (tertiary/aromatic N) is 1. The monoisotopic (exact) mass is 284 g/mol. The normalized spacial score (nSPS) is 15.6. The molecule has 0 atom stereocenters. The van der Waals surface area contributed by atoms with Crippen molar-refractivity contribution in [1.29, 1.82) is 0 Å². The first-order chi connectivity index (χ1) is 9.00. The number of hydrogen-bond donors (Lipinski definition) is 1. The molecule has 19 heavy (non-hydrogen) atoms. The predicted molar refractivity (Wildman–Crippen MR) is 69.9 cm³/mol. The van der Waals surface area contributed by atoms with Gasteiger partial charge in [0.1, 0.15) is 6.61 Å². The Labute approximate surface area is 112 Å². The summed E-state index contributed by atoms with van der Waals surface area (Å²) in [5, 5.41) is 0. The van der Waals surface area contributed by atoms with Crippen LogP contribution in [0.4, 0.5) is 4.79 Å². The Morgan fingerprint density at radius 2 is 2.11 bits per heavy atom. The van der Waals surface area contributed by atoms with Gasteiger partial charge in [-0.1, -0.05) is 24.3 Å². The quantitative estimate of drug-likeness (QED) is 0.868. The third kappa shape index (κ3) is 3.24. The number of rotatable bonds is 5. The number of aryl methyl sites for hydroxylation is 1. The van der Waals surface area contributed by atoms with Crippen LogP contribution in [0.15, 0.2) is 24.3 Å². The maximum absolute atomic E-state index is 11.8. The highest BCUT2D eigenvalue weighted by Gasteiger charge is 2.32. The number of cyclic esters (lactones) is 1. The highest BCUT2D eigenvalue weighted by molar-refractivity contribution is 7.87. The van der Waals surface area contributed by atoms with Gasteiger partial charge in [0, 0.05) is 6.54 Å². The van der Waals surface area contributed by atoms with Crippen LogP contribution in [-0.4, -0.2) is 38.5 Å². The summed E-state index contributed by atoms with van der Waals surface area (Å²) in [5.74, 6) is 0. The van der Waals surface area contributed by atoms with Crippen LogP contribution in [0.1, 0.15) is 11.1 Å². The summed E-state index contributed by atoms with van der Waals surface area (Å²) in [4.78, 5) is 11.2. The van der Waals surface area contributed by atoms with E-state index in [0.717, 1.165) is 11.1 Å². The molecule has 1 saturated heterocycles. The van der Waals surface area contributed by atoms with Crippen LogP contribution >= 0.6 is 0 Å². The lowest BCUT2D eigenvalue weighted by molar-refractivity contribution is 0.169. The molecule has 1 aromatic rings. The highest BCUT2D eigenvalue weighted by atomic mass is 32.2. The first-order valence-electron chi connectivity index (χ1n) is 5.99. The number of ether oxygens (including phenoxy) is 1. The molecule has 7 heteroatoms. The zero-order valence-electron chi connectivity index (χ0n) is 10.6. The van der Waals surface area contributed by atoms with E-state index in [0.29, 0.717) is 10.7 Å². The van der Waals surface area contributed by atoms with Gasteiger partial charge in [-0.3, -0.25) is 0 Å². The lowest BCUT2D eigenvalue weighted by Crippen LogP contribution is -2.41. The molecule has 0 radical (unpaired) electrons. The number of carbonyl (C=O) groups is 1. The second kappa shape index (κ2) is 5.58. The van der Waals surface area contributed by atoms with E-state index in [2.05, 4.69) is 9.46 Å². The van der Waals surface area contributed by atoms with Crippen molar-refractivity contribution in [3.05, 3.63) is 35.4 Å². The van der Waals surface area contributed by atoms with Gasteiger partial charge >= 0.3 is 16.3 Å². The summed E-state index contributed by atoms with van der Waals surface area (Å²) in [7, 11) is -3.78. The fraction of sp³-hybridized carbons (Fsp3) is 0.417. The molecule has 1 N–H and O–H groups in total. The van der Waals surface area contributed by atoms with E-state index in [1.807, 2.05) is 31.2 Å². The van der Waals surface area contributed by atoms with Gasteiger partial charge in [0.05, 0.1) is 6.54 Å². The molecule has 1 amide bonds. The molecule has 0 aliphatic carbocycles. The molecular weight excluding hydrogens is 268 g/mol. The summed E-state index contributed by atoms with van der Waals surface area (Å²) in [6.45, 7) is 2.40. The molecule has 0 bridgehead atoms. The molecule has 1 aliphatic rings. The van der Waals surface area contributed by atoms with E-state index >= 15 is 0 Å². The molecule has 2 rings (SSSR count). The van der Waals surface area contributed by atoms with Gasteiger partial charge in [0.25, 0.3) is 0 Å². The van der Waals surface area contributed by atoms with E-state index < -0.39 is 16.3 Å². The third-order valence-electron chi connectivity index (χ3n) is 2.95. The standard InChI is InChI=1S/C12H16N2O4S/c1-10-4-2-3-5-11(10)6-7-13-19(16,17)14-8-9-18-12(14)15/h2-5,13H,6-9H2,1H3. The smallest absolute Gasteiger partial charge is 0.424 e. The van der Waals surface area contributed by atoms with Gasteiger partial charge in [-0.15, -0.1) is 0 Å². The summed E-state index contributed by atoms with van der Waals surface area (Å²) in [6, 6.07) is 7.77. The molecule has 0 saturated carbocycles. The zero-order chi connectivity index (χ0) is 13.9. The van der Waals surface area contributed by atoms with Crippen LogP contribution in [-0.2, 0) is 21.4 Å². The van der Waals surface area contributed by atoms with Crippen LogP contribution in [0.2, 0.25) is 0 Å². The lowest BCUT2D eigenvalue weighted by Gasteiger charge is -2.14. The van der Waals surface area contributed by atoms with Crippen molar-refractivity contribution < 1.29 is 17.9 Å². The second-order valence-corrected chi connectivity index (χ2v) is 5.94. The van der Waals surface area contributed by atoms with Gasteiger partial charge in [-0.05, 0) is 24.5 Å². The fourth-order valence-electron chi connectivity index (χ4n) is 1.88. The topological polar surface area (TPSA) is 75.7 Å². The molecule has 1 fully saturated rings. The summed E-state index contributed by atoms with van der Waals surface area (Å²) < 4.78 is 31.4. The number of carbonyl (C=O) groups excluding carboxylic acids is 1. The Balaban J connectivity index is 1.92. The average Bonchev–Trinajstić information content (AvgIpc) is 2.79. The Hall–Kier alpha value is -1.60. The minimum absolute atomic E-state index is 0.0680. The van der Waals surface area contributed by atoms with Gasteiger partial charge < -0.3 is 4.74 Å². The summed E-state index contributed by atoms with van der Waals surface area (Å²) >= 11 is 0. The molecule has 1 heterocycles. The van der Waals surface area contributed by atoms with Crippen molar-refractivity contribution in [1.82, 2.24) is 9.03 Å². The molecule has 1 aliphatic heterocycles. The molecule has 1 aromatic carbocycles. The lowest BCUT2D eigenvalue weighted by atomic mass is 10.1. The summed E-state index contributed by atoms with van der Waals surface area (Å²) in [6.07, 6.45) is -0.238. The molecule has 104 valence electrons. The Morgan fingerprint density at radius 3 is 2.74 bits per heavy atom. The number of benzene rings is 1. The maximum atomic E-state index is 11.8. The van der Waals surface area contributed by atoms with Crippen molar-refractivity contribution in [3.8, 4) is 0 Å². The molecule has 6 nitrogen and oxygen atoms in total. The van der Waals surface area contributed by atoms with E-state index in [-0.39, 0.29) is 19.7 Å². The van der Waals surface area contributed by atoms with Crippen LogP contribution in [0.25, 0.3) is 0 Å². The SMILES string of the molecule is Cc1ccccc1CCNS(=O)(=O)N1CCOC1=O. The number of nitrogens with one attached hydrogen (secondary N) is 1. The highest BCUT2D eigenvalue weighted by Crippen LogP contribution is 2.10. The maximum Gasteiger partial charge on any atom is 0.424 e. The van der Waals surface area contributed by atoms with Gasteiger partial charge in [-0.25, -0.2) is 4.79 Å². The minimum Gasteiger partial charge on any atom is -0.447 e. The van der Waals surface area contributed by atoms with Crippen molar-refractivity contribution in [2.45, 2.75) is 13.3 Å². The Kier molecular flexibility index (Phi) is 4.06. The average molecular weight is 284 g/mol. The first-order valence-corrected chi connectivity index (χ1v) is 7.43. The van der Waals surface area contributed by atoms with Gasteiger partial charge in [0.15, 0.2) is 0 Å². The Bertz CT molecular complexity index is 571. The van der Waals surface area contributed by atoms with Gasteiger partial charge in [0.2, 0.25) is 0 Å². The predicted octanol–water partition coefficient (Wildman–Crippen LogP) is 0.824. The molecule has 0 spiro atoms. The van der Waals surface area contributed by atoms with Crippen LogP contribution in [0.5, 0.6) is 0 Å². The third-order valence-corrected chi connectivity index (χ3v) is 4.43. The Morgan fingerprint density at radius 1 is 1.37 bits per heavy atom.